The van der Waals surface area contributed by atoms with Gasteiger partial charge in [-0.25, -0.2) is 0 Å². The molecule has 0 aromatic rings. The van der Waals surface area contributed by atoms with Crippen molar-refractivity contribution in [1.82, 2.24) is 10.2 Å². The minimum atomic E-state index is 0.365. The van der Waals surface area contributed by atoms with Gasteiger partial charge in [-0.2, -0.15) is 11.8 Å². The maximum atomic E-state index is 3.73. The van der Waals surface area contributed by atoms with Crippen molar-refractivity contribution in [3.63, 3.8) is 0 Å². The standard InChI is InChI=1S/C14H30N2S/c1-6-14(4)11-15-13(12(2)3)10-16(14)8-7-9-17-5/h12-13,15H,6-11H2,1-5H3. The van der Waals surface area contributed by atoms with E-state index in [0.717, 1.165) is 12.5 Å². The number of hydrogen-bond acceptors (Lipinski definition) is 3. The molecule has 0 saturated carbocycles. The van der Waals surface area contributed by atoms with E-state index in [4.69, 9.17) is 0 Å². The minimum Gasteiger partial charge on any atom is -0.311 e. The molecular weight excluding hydrogens is 228 g/mol. The molecule has 1 saturated heterocycles. The minimum absolute atomic E-state index is 0.365. The van der Waals surface area contributed by atoms with E-state index in [9.17, 15) is 0 Å². The summed E-state index contributed by atoms with van der Waals surface area (Å²) in [5.74, 6) is 2.02. The first-order valence-electron chi connectivity index (χ1n) is 7.01. The van der Waals surface area contributed by atoms with Gasteiger partial charge in [-0.15, -0.1) is 0 Å². The van der Waals surface area contributed by atoms with E-state index in [1.165, 1.54) is 31.7 Å². The normalized spacial score (nSPS) is 31.1. The first-order valence-corrected chi connectivity index (χ1v) is 8.40. The summed E-state index contributed by atoms with van der Waals surface area (Å²) in [5.41, 5.74) is 0.365. The number of nitrogens with zero attached hydrogens (tertiary/aromatic N) is 1. The molecule has 3 heteroatoms. The van der Waals surface area contributed by atoms with E-state index >= 15 is 0 Å². The molecular formula is C14H30N2S. The highest BCUT2D eigenvalue weighted by atomic mass is 32.2. The predicted octanol–water partition coefficient (Wildman–Crippen LogP) is 2.84. The van der Waals surface area contributed by atoms with Crippen LogP contribution in [0.15, 0.2) is 0 Å². The molecule has 1 aliphatic rings. The number of piperazine rings is 1. The lowest BCUT2D eigenvalue weighted by atomic mass is 9.89. The molecule has 17 heavy (non-hydrogen) atoms. The van der Waals surface area contributed by atoms with Crippen LogP contribution in [0.1, 0.15) is 40.5 Å². The van der Waals surface area contributed by atoms with E-state index in [1.54, 1.807) is 0 Å². The highest BCUT2D eigenvalue weighted by Gasteiger charge is 2.36. The molecule has 1 fully saturated rings. The zero-order chi connectivity index (χ0) is 12.9. The molecule has 2 atom stereocenters. The number of hydrogen-bond donors (Lipinski definition) is 1. The summed E-state index contributed by atoms with van der Waals surface area (Å²) >= 11 is 1.96. The van der Waals surface area contributed by atoms with Gasteiger partial charge in [0.25, 0.3) is 0 Å². The van der Waals surface area contributed by atoms with Crippen molar-refractivity contribution in [2.45, 2.75) is 52.1 Å². The van der Waals surface area contributed by atoms with Crippen LogP contribution in [0.5, 0.6) is 0 Å². The summed E-state index contributed by atoms with van der Waals surface area (Å²) in [4.78, 5) is 2.73. The van der Waals surface area contributed by atoms with Crippen molar-refractivity contribution < 1.29 is 0 Å². The van der Waals surface area contributed by atoms with Crippen LogP contribution >= 0.6 is 11.8 Å². The second-order valence-corrected chi connectivity index (χ2v) is 6.86. The van der Waals surface area contributed by atoms with E-state index in [-0.39, 0.29) is 0 Å². The molecule has 0 radical (unpaired) electrons. The zero-order valence-corrected chi connectivity index (χ0v) is 13.1. The van der Waals surface area contributed by atoms with Crippen LogP contribution in [0.2, 0.25) is 0 Å². The molecule has 1 rings (SSSR count). The average Bonchev–Trinajstić information content (AvgIpc) is 2.31. The van der Waals surface area contributed by atoms with E-state index in [1.807, 2.05) is 11.8 Å². The molecule has 1 heterocycles. The van der Waals surface area contributed by atoms with Crippen LogP contribution in [-0.2, 0) is 0 Å². The van der Waals surface area contributed by atoms with E-state index in [0.29, 0.717) is 11.6 Å². The predicted molar refractivity (Wildman–Crippen MR) is 79.9 cm³/mol. The van der Waals surface area contributed by atoms with Crippen LogP contribution in [-0.4, -0.2) is 48.1 Å². The monoisotopic (exact) mass is 258 g/mol. The molecule has 2 unspecified atom stereocenters. The Morgan fingerprint density at radius 3 is 2.71 bits per heavy atom. The Kier molecular flexibility index (Phi) is 6.32. The third kappa shape index (κ3) is 4.15. The molecule has 1 aliphatic heterocycles. The fourth-order valence-electron chi connectivity index (χ4n) is 2.54. The van der Waals surface area contributed by atoms with Gasteiger partial charge in [0.15, 0.2) is 0 Å². The first-order chi connectivity index (χ1) is 8.03. The van der Waals surface area contributed by atoms with Gasteiger partial charge >= 0.3 is 0 Å². The number of rotatable bonds is 6. The van der Waals surface area contributed by atoms with Crippen molar-refractivity contribution in [3.8, 4) is 0 Å². The topological polar surface area (TPSA) is 15.3 Å². The maximum Gasteiger partial charge on any atom is 0.0303 e. The second kappa shape index (κ2) is 7.01. The largest absolute Gasteiger partial charge is 0.311 e. The van der Waals surface area contributed by atoms with Gasteiger partial charge in [-0.1, -0.05) is 20.8 Å². The Labute approximate surface area is 112 Å². The van der Waals surface area contributed by atoms with Crippen LogP contribution in [0, 0.1) is 5.92 Å². The summed E-state index contributed by atoms with van der Waals surface area (Å²) in [7, 11) is 0. The Morgan fingerprint density at radius 2 is 2.18 bits per heavy atom. The maximum absolute atomic E-state index is 3.73. The molecule has 0 aliphatic carbocycles. The summed E-state index contributed by atoms with van der Waals surface area (Å²) in [6, 6.07) is 0.670. The van der Waals surface area contributed by atoms with Gasteiger partial charge in [-0.05, 0) is 44.2 Å². The van der Waals surface area contributed by atoms with Crippen molar-refractivity contribution in [2.24, 2.45) is 5.92 Å². The van der Waals surface area contributed by atoms with Gasteiger partial charge in [0.2, 0.25) is 0 Å². The molecule has 1 N–H and O–H groups in total. The molecule has 2 nitrogen and oxygen atoms in total. The summed E-state index contributed by atoms with van der Waals surface area (Å²) < 4.78 is 0. The first kappa shape index (κ1) is 15.3. The number of nitrogens with one attached hydrogen (secondary N) is 1. The Morgan fingerprint density at radius 1 is 1.47 bits per heavy atom. The highest BCUT2D eigenvalue weighted by molar-refractivity contribution is 7.98. The molecule has 0 spiro atoms. The summed E-state index contributed by atoms with van der Waals surface area (Å²) in [6.45, 7) is 13.0. The van der Waals surface area contributed by atoms with Gasteiger partial charge in [0, 0.05) is 24.7 Å². The summed E-state index contributed by atoms with van der Waals surface area (Å²) in [5, 5.41) is 3.73. The van der Waals surface area contributed by atoms with Gasteiger partial charge in [-0.3, -0.25) is 4.90 Å². The van der Waals surface area contributed by atoms with Crippen molar-refractivity contribution >= 4 is 11.8 Å². The van der Waals surface area contributed by atoms with Crippen molar-refractivity contribution in [2.75, 3.05) is 31.6 Å². The molecule has 102 valence electrons. The fourth-order valence-corrected chi connectivity index (χ4v) is 2.96. The Bertz CT molecular complexity index is 220. The molecule has 0 aromatic carbocycles. The smallest absolute Gasteiger partial charge is 0.0303 e. The number of thioether (sulfide) groups is 1. The van der Waals surface area contributed by atoms with Gasteiger partial charge in [0.05, 0.1) is 0 Å². The third-order valence-electron chi connectivity index (χ3n) is 4.27. The Balaban J connectivity index is 2.56. The highest BCUT2D eigenvalue weighted by Crippen LogP contribution is 2.25. The average molecular weight is 258 g/mol. The van der Waals surface area contributed by atoms with Gasteiger partial charge in [0.1, 0.15) is 0 Å². The molecule has 0 amide bonds. The zero-order valence-electron chi connectivity index (χ0n) is 12.3. The van der Waals surface area contributed by atoms with Gasteiger partial charge < -0.3 is 5.32 Å². The fraction of sp³-hybridized carbons (Fsp3) is 1.00. The SMILES string of the molecule is CCC1(C)CNC(C(C)C)CN1CCCSC. The Hall–Kier alpha value is 0.270. The second-order valence-electron chi connectivity index (χ2n) is 5.87. The van der Waals surface area contributed by atoms with E-state index < -0.39 is 0 Å². The van der Waals surface area contributed by atoms with Crippen molar-refractivity contribution in [1.29, 1.82) is 0 Å². The molecule has 0 aromatic heterocycles. The third-order valence-corrected chi connectivity index (χ3v) is 4.97. The quantitative estimate of drug-likeness (QED) is 0.738. The van der Waals surface area contributed by atoms with Crippen LogP contribution < -0.4 is 5.32 Å². The van der Waals surface area contributed by atoms with Crippen LogP contribution in [0.4, 0.5) is 0 Å². The van der Waals surface area contributed by atoms with Crippen LogP contribution in [0.25, 0.3) is 0 Å². The van der Waals surface area contributed by atoms with Crippen molar-refractivity contribution in [3.05, 3.63) is 0 Å². The summed E-state index contributed by atoms with van der Waals surface area (Å²) in [6.07, 6.45) is 4.76. The lowest BCUT2D eigenvalue weighted by Gasteiger charge is -2.49. The molecule has 0 bridgehead atoms. The van der Waals surface area contributed by atoms with E-state index in [2.05, 4.69) is 44.2 Å². The lowest BCUT2D eigenvalue weighted by molar-refractivity contribution is 0.0391. The van der Waals surface area contributed by atoms with Crippen LogP contribution in [0.3, 0.4) is 0 Å². The lowest BCUT2D eigenvalue weighted by Crippen LogP contribution is -2.64.